The summed E-state index contributed by atoms with van der Waals surface area (Å²) in [6, 6.07) is 11.9. The highest BCUT2D eigenvalue weighted by Crippen LogP contribution is 2.32. The molecule has 1 amide bonds. The number of benzene rings is 2. The van der Waals surface area contributed by atoms with Gasteiger partial charge in [-0.1, -0.05) is 35.9 Å². The zero-order chi connectivity index (χ0) is 18.0. The molecule has 0 aromatic heterocycles. The summed E-state index contributed by atoms with van der Waals surface area (Å²) in [7, 11) is 1.62. The van der Waals surface area contributed by atoms with Gasteiger partial charge in [-0.3, -0.25) is 14.9 Å². The van der Waals surface area contributed by atoms with Gasteiger partial charge in [0.25, 0.3) is 11.6 Å². The fraction of sp³-hybridized carbons (Fsp3) is 0.278. The molecule has 2 aromatic carbocycles. The molecule has 0 heterocycles. The molecule has 0 bridgehead atoms. The number of fused-ring (bicyclic) bond motifs is 1. The van der Waals surface area contributed by atoms with Gasteiger partial charge in [0.1, 0.15) is 0 Å². The number of halogens is 1. The number of nitro groups is 1. The van der Waals surface area contributed by atoms with Crippen LogP contribution in [0.3, 0.4) is 0 Å². The predicted octanol–water partition coefficient (Wildman–Crippen LogP) is 3.16. The van der Waals surface area contributed by atoms with Crippen LogP contribution in [0.1, 0.15) is 21.5 Å². The Morgan fingerprint density at radius 3 is 2.48 bits per heavy atom. The average Bonchev–Trinajstić information content (AvgIpc) is 2.99. The number of nitrogens with zero attached hydrogens (tertiary/aromatic N) is 1. The number of methoxy groups -OCH3 is 1. The predicted molar refractivity (Wildman–Crippen MR) is 94.0 cm³/mol. The van der Waals surface area contributed by atoms with Crippen LogP contribution < -0.4 is 5.32 Å². The third kappa shape index (κ3) is 3.50. The van der Waals surface area contributed by atoms with Gasteiger partial charge in [0.15, 0.2) is 0 Å². The van der Waals surface area contributed by atoms with Gasteiger partial charge < -0.3 is 10.1 Å². The Bertz CT molecular complexity index is 813. The summed E-state index contributed by atoms with van der Waals surface area (Å²) in [5, 5.41) is 13.9. The molecule has 1 aliphatic rings. The van der Waals surface area contributed by atoms with Crippen molar-refractivity contribution in [3.05, 3.63) is 74.3 Å². The minimum Gasteiger partial charge on any atom is -0.376 e. The standard InChI is InChI=1S/C18H17ClN2O4/c1-25-18(9-12-4-2-3-5-13(12)10-18)11-20-17(22)15-8-14(21(23)24)6-7-16(15)19/h2-8H,9-11H2,1H3,(H,20,22). The number of carbonyl (C=O) groups is 1. The minimum atomic E-state index is -0.558. The van der Waals surface area contributed by atoms with Gasteiger partial charge in [0, 0.05) is 38.6 Å². The Kier molecular flexibility index (Phi) is 4.74. The molecule has 1 N–H and O–H groups in total. The Hall–Kier alpha value is -2.44. The van der Waals surface area contributed by atoms with Crippen LogP contribution >= 0.6 is 11.6 Å². The first-order valence-corrected chi connectivity index (χ1v) is 8.16. The van der Waals surface area contributed by atoms with Gasteiger partial charge >= 0.3 is 0 Å². The van der Waals surface area contributed by atoms with Gasteiger partial charge in [0.2, 0.25) is 0 Å². The van der Waals surface area contributed by atoms with E-state index in [4.69, 9.17) is 16.3 Å². The lowest BCUT2D eigenvalue weighted by atomic mass is 10.00. The first-order valence-electron chi connectivity index (χ1n) is 7.78. The number of ether oxygens (including phenoxy) is 1. The monoisotopic (exact) mass is 360 g/mol. The molecular formula is C18H17ClN2O4. The number of rotatable bonds is 5. The van der Waals surface area contributed by atoms with Crippen LogP contribution in [0.4, 0.5) is 5.69 Å². The van der Waals surface area contributed by atoms with Crippen molar-refractivity contribution in [1.82, 2.24) is 5.32 Å². The van der Waals surface area contributed by atoms with Crippen molar-refractivity contribution in [3.8, 4) is 0 Å². The quantitative estimate of drug-likeness (QED) is 0.656. The Labute approximate surface area is 149 Å². The van der Waals surface area contributed by atoms with Crippen molar-refractivity contribution in [2.75, 3.05) is 13.7 Å². The maximum absolute atomic E-state index is 12.5. The lowest BCUT2D eigenvalue weighted by Crippen LogP contribution is -2.45. The molecule has 7 heteroatoms. The number of hydrogen-bond donors (Lipinski definition) is 1. The smallest absolute Gasteiger partial charge is 0.270 e. The van der Waals surface area contributed by atoms with Crippen molar-refractivity contribution in [2.24, 2.45) is 0 Å². The van der Waals surface area contributed by atoms with Crippen molar-refractivity contribution in [1.29, 1.82) is 0 Å². The van der Waals surface area contributed by atoms with E-state index in [0.717, 1.165) is 0 Å². The summed E-state index contributed by atoms with van der Waals surface area (Å²) < 4.78 is 5.70. The normalized spacial score (nSPS) is 14.8. The molecule has 0 spiro atoms. The molecule has 3 rings (SSSR count). The van der Waals surface area contributed by atoms with Gasteiger partial charge in [-0.2, -0.15) is 0 Å². The van der Waals surface area contributed by atoms with Crippen LogP contribution in [0, 0.1) is 10.1 Å². The maximum Gasteiger partial charge on any atom is 0.270 e. The first-order chi connectivity index (χ1) is 11.9. The molecular weight excluding hydrogens is 344 g/mol. The number of carbonyl (C=O) groups excluding carboxylic acids is 1. The van der Waals surface area contributed by atoms with Gasteiger partial charge in [-0.05, 0) is 17.2 Å². The summed E-state index contributed by atoms with van der Waals surface area (Å²) in [6.45, 7) is 0.288. The zero-order valence-corrected chi connectivity index (χ0v) is 14.4. The molecule has 2 aromatic rings. The van der Waals surface area contributed by atoms with E-state index in [1.807, 2.05) is 12.1 Å². The topological polar surface area (TPSA) is 81.5 Å². The van der Waals surface area contributed by atoms with E-state index in [0.29, 0.717) is 12.8 Å². The highest BCUT2D eigenvalue weighted by atomic mass is 35.5. The summed E-state index contributed by atoms with van der Waals surface area (Å²) in [5.74, 6) is -0.457. The molecule has 0 unspecified atom stereocenters. The van der Waals surface area contributed by atoms with Gasteiger partial charge in [-0.25, -0.2) is 0 Å². The van der Waals surface area contributed by atoms with E-state index in [1.54, 1.807) is 7.11 Å². The molecule has 0 atom stereocenters. The molecule has 0 fully saturated rings. The largest absolute Gasteiger partial charge is 0.376 e. The highest BCUT2D eigenvalue weighted by Gasteiger charge is 2.37. The van der Waals surface area contributed by atoms with Crippen LogP contribution in [-0.4, -0.2) is 30.1 Å². The minimum absolute atomic E-state index is 0.0811. The Balaban J connectivity index is 1.74. The number of nitrogens with one attached hydrogen (secondary N) is 1. The van der Waals surface area contributed by atoms with E-state index < -0.39 is 16.4 Å². The molecule has 130 valence electrons. The Morgan fingerprint density at radius 2 is 1.92 bits per heavy atom. The van der Waals surface area contributed by atoms with E-state index >= 15 is 0 Å². The lowest BCUT2D eigenvalue weighted by molar-refractivity contribution is -0.384. The molecule has 0 radical (unpaired) electrons. The Morgan fingerprint density at radius 1 is 1.28 bits per heavy atom. The average molecular weight is 361 g/mol. The van der Waals surface area contributed by atoms with Crippen LogP contribution in [0.15, 0.2) is 42.5 Å². The highest BCUT2D eigenvalue weighted by molar-refractivity contribution is 6.33. The van der Waals surface area contributed by atoms with Gasteiger partial charge in [0.05, 0.1) is 21.1 Å². The van der Waals surface area contributed by atoms with Crippen LogP contribution in [0.5, 0.6) is 0 Å². The first kappa shape index (κ1) is 17.4. The third-order valence-electron chi connectivity index (χ3n) is 4.55. The lowest BCUT2D eigenvalue weighted by Gasteiger charge is -2.27. The van der Waals surface area contributed by atoms with Gasteiger partial charge in [-0.15, -0.1) is 0 Å². The molecule has 25 heavy (non-hydrogen) atoms. The summed E-state index contributed by atoms with van der Waals surface area (Å²) in [5.41, 5.74) is 1.79. The molecule has 0 saturated heterocycles. The molecule has 1 aliphatic carbocycles. The number of nitro benzene ring substituents is 1. The molecule has 0 aliphatic heterocycles. The zero-order valence-electron chi connectivity index (χ0n) is 13.6. The fourth-order valence-electron chi connectivity index (χ4n) is 3.14. The van der Waals surface area contributed by atoms with Crippen molar-refractivity contribution >= 4 is 23.2 Å². The summed E-state index contributed by atoms with van der Waals surface area (Å²) >= 11 is 6.02. The van der Waals surface area contributed by atoms with Crippen molar-refractivity contribution in [3.63, 3.8) is 0 Å². The van der Waals surface area contributed by atoms with Crippen LogP contribution in [0.2, 0.25) is 5.02 Å². The second-order valence-corrected chi connectivity index (χ2v) is 6.52. The number of hydrogen-bond acceptors (Lipinski definition) is 4. The van der Waals surface area contributed by atoms with Crippen molar-refractivity contribution < 1.29 is 14.5 Å². The van der Waals surface area contributed by atoms with Crippen LogP contribution in [0.25, 0.3) is 0 Å². The van der Waals surface area contributed by atoms with E-state index in [9.17, 15) is 14.9 Å². The number of amides is 1. The van der Waals surface area contributed by atoms with E-state index in [2.05, 4.69) is 17.4 Å². The van der Waals surface area contributed by atoms with E-state index in [1.165, 1.54) is 29.3 Å². The van der Waals surface area contributed by atoms with Crippen molar-refractivity contribution in [2.45, 2.75) is 18.4 Å². The fourth-order valence-corrected chi connectivity index (χ4v) is 3.34. The SMILES string of the molecule is COC1(CNC(=O)c2cc([N+](=O)[O-])ccc2Cl)Cc2ccccc2C1. The molecule has 6 nitrogen and oxygen atoms in total. The second-order valence-electron chi connectivity index (χ2n) is 6.11. The maximum atomic E-state index is 12.5. The van der Waals surface area contributed by atoms with Crippen LogP contribution in [-0.2, 0) is 17.6 Å². The second kappa shape index (κ2) is 6.82. The number of non-ortho nitro benzene ring substituents is 1. The third-order valence-corrected chi connectivity index (χ3v) is 4.88. The molecule has 0 saturated carbocycles. The summed E-state index contributed by atoms with van der Waals surface area (Å²) in [6.07, 6.45) is 1.39. The van der Waals surface area contributed by atoms with E-state index in [-0.39, 0.29) is 22.8 Å². The summed E-state index contributed by atoms with van der Waals surface area (Å²) in [4.78, 5) is 22.8.